The summed E-state index contributed by atoms with van der Waals surface area (Å²) in [7, 11) is -0.791. The lowest BCUT2D eigenvalue weighted by Gasteiger charge is -2.21. The van der Waals surface area contributed by atoms with Gasteiger partial charge in [-0.05, 0) is 18.2 Å². The molecule has 0 aromatic heterocycles. The van der Waals surface area contributed by atoms with Gasteiger partial charge in [0.15, 0.2) is 0 Å². The van der Waals surface area contributed by atoms with Crippen molar-refractivity contribution in [2.45, 2.75) is 11.8 Å². The van der Waals surface area contributed by atoms with Crippen LogP contribution in [0.15, 0.2) is 27.6 Å². The average molecular weight is 364 g/mol. The van der Waals surface area contributed by atoms with Crippen LogP contribution in [0.1, 0.15) is 6.92 Å². The number of carbonyl (C=O) groups excluding carboxylic acids is 1. The molecule has 0 aliphatic rings. The number of amides is 1. The first kappa shape index (κ1) is 16.9. The summed E-state index contributed by atoms with van der Waals surface area (Å²) in [5, 5.41) is 2.49. The number of nitrogen functional groups attached to an aromatic ring is 1. The molecule has 8 heteroatoms. The number of hydrogen-bond donors (Lipinski definition) is 2. The maximum atomic E-state index is 12.4. The van der Waals surface area contributed by atoms with Crippen molar-refractivity contribution in [3.05, 3.63) is 22.7 Å². The SMILES string of the molecule is CNC(=O)C(C)CN(C)S(=O)(=O)c1cc(Br)ccc1N. The van der Waals surface area contributed by atoms with E-state index in [-0.39, 0.29) is 23.0 Å². The van der Waals surface area contributed by atoms with Gasteiger partial charge in [-0.15, -0.1) is 0 Å². The van der Waals surface area contributed by atoms with Gasteiger partial charge in [-0.25, -0.2) is 12.7 Å². The zero-order valence-electron chi connectivity index (χ0n) is 11.6. The molecule has 0 aliphatic carbocycles. The zero-order valence-corrected chi connectivity index (χ0v) is 14.0. The number of benzene rings is 1. The molecule has 20 heavy (non-hydrogen) atoms. The first-order chi connectivity index (χ1) is 9.20. The molecule has 1 aromatic carbocycles. The molecule has 0 spiro atoms. The molecule has 0 bridgehead atoms. The lowest BCUT2D eigenvalue weighted by atomic mass is 10.2. The Kier molecular flexibility index (Phi) is 5.55. The van der Waals surface area contributed by atoms with Gasteiger partial charge in [-0.1, -0.05) is 22.9 Å². The molecular formula is C12H18BrN3O3S. The molecule has 112 valence electrons. The number of rotatable bonds is 5. The number of carbonyl (C=O) groups is 1. The average Bonchev–Trinajstić information content (AvgIpc) is 2.40. The van der Waals surface area contributed by atoms with Crippen molar-refractivity contribution >= 4 is 37.5 Å². The number of sulfonamides is 1. The summed E-state index contributed by atoms with van der Waals surface area (Å²) in [6.45, 7) is 1.74. The van der Waals surface area contributed by atoms with Gasteiger partial charge in [-0.3, -0.25) is 4.79 Å². The van der Waals surface area contributed by atoms with E-state index in [2.05, 4.69) is 21.2 Å². The minimum atomic E-state index is -3.73. The quantitative estimate of drug-likeness (QED) is 0.764. The highest BCUT2D eigenvalue weighted by Gasteiger charge is 2.26. The van der Waals surface area contributed by atoms with Gasteiger partial charge in [0.2, 0.25) is 15.9 Å². The highest BCUT2D eigenvalue weighted by molar-refractivity contribution is 9.10. The minimum Gasteiger partial charge on any atom is -0.398 e. The third kappa shape index (κ3) is 3.71. The van der Waals surface area contributed by atoms with E-state index in [1.165, 1.54) is 26.2 Å². The Balaban J connectivity index is 3.04. The highest BCUT2D eigenvalue weighted by Crippen LogP contribution is 2.25. The van der Waals surface area contributed by atoms with Gasteiger partial charge in [0, 0.05) is 31.0 Å². The fraction of sp³-hybridized carbons (Fsp3) is 0.417. The van der Waals surface area contributed by atoms with E-state index in [1.54, 1.807) is 13.0 Å². The van der Waals surface area contributed by atoms with Crippen molar-refractivity contribution in [1.82, 2.24) is 9.62 Å². The molecule has 1 atom stereocenters. The Labute approximate surface area is 127 Å². The number of hydrogen-bond acceptors (Lipinski definition) is 4. The molecule has 0 radical (unpaired) electrons. The lowest BCUT2D eigenvalue weighted by Crippen LogP contribution is -2.37. The van der Waals surface area contributed by atoms with Crippen molar-refractivity contribution in [2.24, 2.45) is 5.92 Å². The first-order valence-corrected chi connectivity index (χ1v) is 8.16. The molecular weight excluding hydrogens is 346 g/mol. The number of nitrogens with two attached hydrogens (primary N) is 1. The molecule has 0 aliphatic heterocycles. The highest BCUT2D eigenvalue weighted by atomic mass is 79.9. The number of anilines is 1. The van der Waals surface area contributed by atoms with Crippen LogP contribution in [0.5, 0.6) is 0 Å². The Morgan fingerprint density at radius 1 is 1.50 bits per heavy atom. The van der Waals surface area contributed by atoms with Gasteiger partial charge in [0.05, 0.1) is 5.69 Å². The second-order valence-electron chi connectivity index (χ2n) is 4.48. The summed E-state index contributed by atoms with van der Waals surface area (Å²) in [6.07, 6.45) is 0. The molecule has 3 N–H and O–H groups in total. The van der Waals surface area contributed by atoms with Crippen LogP contribution in [0.4, 0.5) is 5.69 Å². The Morgan fingerprint density at radius 3 is 2.65 bits per heavy atom. The monoisotopic (exact) mass is 363 g/mol. The Bertz CT molecular complexity index is 604. The third-order valence-electron chi connectivity index (χ3n) is 2.89. The summed E-state index contributed by atoms with van der Waals surface area (Å²) >= 11 is 3.22. The van der Waals surface area contributed by atoms with Gasteiger partial charge in [0.25, 0.3) is 0 Å². The van der Waals surface area contributed by atoms with Crippen molar-refractivity contribution in [3.63, 3.8) is 0 Å². The summed E-state index contributed by atoms with van der Waals surface area (Å²) in [5.41, 5.74) is 5.90. The smallest absolute Gasteiger partial charge is 0.244 e. The van der Waals surface area contributed by atoms with Crippen LogP contribution in [0, 0.1) is 5.92 Å². The summed E-state index contributed by atoms with van der Waals surface area (Å²) in [4.78, 5) is 11.5. The first-order valence-electron chi connectivity index (χ1n) is 5.93. The minimum absolute atomic E-state index is 0.0264. The number of nitrogens with zero attached hydrogens (tertiary/aromatic N) is 1. The molecule has 1 rings (SSSR count). The Morgan fingerprint density at radius 2 is 2.10 bits per heavy atom. The van der Waals surface area contributed by atoms with E-state index < -0.39 is 15.9 Å². The second kappa shape index (κ2) is 6.55. The van der Waals surface area contributed by atoms with E-state index in [0.717, 1.165) is 4.31 Å². The summed E-state index contributed by atoms with van der Waals surface area (Å²) in [6, 6.07) is 4.64. The molecule has 0 fully saturated rings. The van der Waals surface area contributed by atoms with Crippen LogP contribution in [0.3, 0.4) is 0 Å². The van der Waals surface area contributed by atoms with Crippen LogP contribution in [0.2, 0.25) is 0 Å². The van der Waals surface area contributed by atoms with Gasteiger partial charge in [-0.2, -0.15) is 0 Å². The van der Waals surface area contributed by atoms with Crippen LogP contribution < -0.4 is 11.1 Å². The van der Waals surface area contributed by atoms with Crippen LogP contribution in [-0.2, 0) is 14.8 Å². The molecule has 1 amide bonds. The lowest BCUT2D eigenvalue weighted by molar-refractivity contribution is -0.124. The number of nitrogens with one attached hydrogen (secondary N) is 1. The molecule has 6 nitrogen and oxygen atoms in total. The maximum absolute atomic E-state index is 12.4. The van der Waals surface area contributed by atoms with Crippen LogP contribution in [-0.4, -0.2) is 39.3 Å². The van der Waals surface area contributed by atoms with Crippen LogP contribution in [0.25, 0.3) is 0 Å². The summed E-state index contributed by atoms with van der Waals surface area (Å²) < 4.78 is 26.6. The molecule has 0 heterocycles. The molecule has 0 saturated carbocycles. The standard InChI is InChI=1S/C12H18BrN3O3S/c1-8(12(17)15-2)7-16(3)20(18,19)11-6-9(13)4-5-10(11)14/h4-6,8H,7,14H2,1-3H3,(H,15,17). The topological polar surface area (TPSA) is 92.5 Å². The van der Waals surface area contributed by atoms with E-state index in [4.69, 9.17) is 5.73 Å². The molecule has 0 saturated heterocycles. The predicted molar refractivity (Wildman–Crippen MR) is 81.6 cm³/mol. The van der Waals surface area contributed by atoms with E-state index >= 15 is 0 Å². The molecule has 1 unspecified atom stereocenters. The largest absolute Gasteiger partial charge is 0.398 e. The van der Waals surface area contributed by atoms with Crippen molar-refractivity contribution in [1.29, 1.82) is 0 Å². The van der Waals surface area contributed by atoms with E-state index in [1.807, 2.05) is 0 Å². The van der Waals surface area contributed by atoms with Crippen molar-refractivity contribution < 1.29 is 13.2 Å². The fourth-order valence-corrected chi connectivity index (χ4v) is 3.62. The van der Waals surface area contributed by atoms with E-state index in [0.29, 0.717) is 4.47 Å². The Hall–Kier alpha value is -1.12. The van der Waals surface area contributed by atoms with Gasteiger partial charge in [0.1, 0.15) is 4.90 Å². The van der Waals surface area contributed by atoms with Gasteiger partial charge < -0.3 is 11.1 Å². The summed E-state index contributed by atoms with van der Waals surface area (Å²) in [5.74, 6) is -0.664. The van der Waals surface area contributed by atoms with E-state index in [9.17, 15) is 13.2 Å². The van der Waals surface area contributed by atoms with Crippen molar-refractivity contribution in [2.75, 3.05) is 26.4 Å². The zero-order chi connectivity index (χ0) is 15.5. The maximum Gasteiger partial charge on any atom is 0.244 e. The molecule has 1 aromatic rings. The van der Waals surface area contributed by atoms with Crippen molar-refractivity contribution in [3.8, 4) is 0 Å². The predicted octanol–water partition coefficient (Wildman–Crippen LogP) is 1.03. The van der Waals surface area contributed by atoms with Gasteiger partial charge >= 0.3 is 0 Å². The second-order valence-corrected chi connectivity index (χ2v) is 7.41. The number of halogens is 1. The fourth-order valence-electron chi connectivity index (χ4n) is 1.71. The van der Waals surface area contributed by atoms with Crippen LogP contribution >= 0.6 is 15.9 Å². The normalized spacial score (nSPS) is 13.2. The third-order valence-corrected chi connectivity index (χ3v) is 5.26.